The van der Waals surface area contributed by atoms with E-state index in [2.05, 4.69) is 0 Å². The number of halogens is 4. The maximum atomic E-state index is 13.8. The van der Waals surface area contributed by atoms with E-state index in [0.717, 1.165) is 34.1 Å². The lowest BCUT2D eigenvalue weighted by atomic mass is 9.83. The van der Waals surface area contributed by atoms with Crippen LogP contribution in [0.1, 0.15) is 85.8 Å². The molecule has 216 valence electrons. The highest BCUT2D eigenvalue weighted by Crippen LogP contribution is 2.49. The van der Waals surface area contributed by atoms with Crippen molar-refractivity contribution in [2.24, 2.45) is 0 Å². The maximum Gasteiger partial charge on any atom is 0.333 e. The molecule has 0 radical (unpaired) electrons. The topological polar surface area (TPSA) is 57.7 Å². The van der Waals surface area contributed by atoms with Crippen LogP contribution in [-0.4, -0.2) is 40.7 Å². The van der Waals surface area contributed by atoms with E-state index in [4.69, 9.17) is 0 Å². The van der Waals surface area contributed by atoms with Crippen molar-refractivity contribution in [3.63, 3.8) is 0 Å². The van der Waals surface area contributed by atoms with E-state index < -0.39 is 58.4 Å². The Hall–Kier alpha value is -3.23. The average molecular weight is 553 g/mol. The Balaban J connectivity index is 0.00000119. The second-order valence-corrected chi connectivity index (χ2v) is 9.34. The summed E-state index contributed by atoms with van der Waals surface area (Å²) in [6.07, 6.45) is 0.625. The third-order valence-corrected chi connectivity index (χ3v) is 6.47. The molecule has 1 aliphatic heterocycles. The molecule has 0 atom stereocenters. The van der Waals surface area contributed by atoms with Gasteiger partial charge in [-0.3, -0.25) is 19.4 Å². The molecular formula is C30H40F4N2O3. The molecule has 0 aromatic heterocycles. The Bertz CT molecular complexity index is 1090. The van der Waals surface area contributed by atoms with Gasteiger partial charge in [0.25, 0.3) is 0 Å². The van der Waals surface area contributed by atoms with Crippen LogP contribution in [0.3, 0.4) is 0 Å². The van der Waals surface area contributed by atoms with Gasteiger partial charge in [-0.2, -0.15) is 0 Å². The highest BCUT2D eigenvalue weighted by Gasteiger charge is 2.50. The highest BCUT2D eigenvalue weighted by atomic mass is 19.2. The molecular weight excluding hydrogens is 512 g/mol. The minimum absolute atomic E-state index is 0.0644. The summed E-state index contributed by atoms with van der Waals surface area (Å²) in [6, 6.07) is 6.05. The monoisotopic (exact) mass is 552 g/mol. The largest absolute Gasteiger partial charge is 0.333 e. The minimum Gasteiger partial charge on any atom is -0.274 e. The van der Waals surface area contributed by atoms with Gasteiger partial charge in [0.15, 0.2) is 23.3 Å². The van der Waals surface area contributed by atoms with Gasteiger partial charge in [0.2, 0.25) is 11.8 Å². The van der Waals surface area contributed by atoms with Crippen LogP contribution >= 0.6 is 0 Å². The van der Waals surface area contributed by atoms with Gasteiger partial charge in [-0.15, -0.1) is 0 Å². The van der Waals surface area contributed by atoms with Crippen molar-refractivity contribution >= 4 is 17.8 Å². The number of carbonyl (C=O) groups excluding carboxylic acids is 3. The molecule has 0 unspecified atom stereocenters. The predicted molar refractivity (Wildman–Crippen MR) is 144 cm³/mol. The van der Waals surface area contributed by atoms with Gasteiger partial charge < -0.3 is 0 Å². The number of benzene rings is 2. The zero-order chi connectivity index (χ0) is 30.1. The Morgan fingerprint density at radius 3 is 1.69 bits per heavy atom. The second kappa shape index (κ2) is 14.2. The van der Waals surface area contributed by atoms with Crippen molar-refractivity contribution in [2.75, 3.05) is 13.1 Å². The Labute approximate surface area is 229 Å². The van der Waals surface area contributed by atoms with Crippen molar-refractivity contribution in [3.8, 4) is 0 Å². The summed E-state index contributed by atoms with van der Waals surface area (Å²) in [4.78, 5) is 40.2. The minimum atomic E-state index is -1.05. The molecule has 9 heteroatoms. The smallest absolute Gasteiger partial charge is 0.274 e. The predicted octanol–water partition coefficient (Wildman–Crippen LogP) is 7.51. The number of hydrogen-bond donors (Lipinski definition) is 0. The SMILES string of the molecule is CC.CC.CC.CC(C)(CN1C(=O)CC(=O)N(CC2(c3ccc(F)c(F)c3)CC2)C1=O)c1ccc(F)c(F)c1. The summed E-state index contributed by atoms with van der Waals surface area (Å²) in [6.45, 7) is 15.1. The van der Waals surface area contributed by atoms with Gasteiger partial charge in [0, 0.05) is 23.9 Å². The van der Waals surface area contributed by atoms with Crippen molar-refractivity contribution < 1.29 is 31.9 Å². The standard InChI is InChI=1S/C24H22F4N2O3.3C2H6/c1-23(2,14-3-5-16(25)18(27)9-14)12-29-20(31)11-21(32)30(22(29)33)13-24(7-8-24)15-4-6-17(26)19(28)10-15;3*1-2/h3-6,9-10H,7-8,11-13H2,1-2H3;3*1-2H3. The quantitative estimate of drug-likeness (QED) is 0.275. The molecule has 1 aliphatic carbocycles. The van der Waals surface area contributed by atoms with E-state index in [1.54, 1.807) is 13.8 Å². The molecule has 2 aromatic rings. The first-order valence-electron chi connectivity index (χ1n) is 13.5. The van der Waals surface area contributed by atoms with Crippen LogP contribution in [-0.2, 0) is 20.4 Å². The molecule has 5 nitrogen and oxygen atoms in total. The van der Waals surface area contributed by atoms with Crippen molar-refractivity contribution in [1.29, 1.82) is 0 Å². The van der Waals surface area contributed by atoms with Crippen LogP contribution in [0.2, 0.25) is 0 Å². The van der Waals surface area contributed by atoms with Crippen LogP contribution < -0.4 is 0 Å². The van der Waals surface area contributed by atoms with E-state index >= 15 is 0 Å². The van der Waals surface area contributed by atoms with Crippen LogP contribution in [0.15, 0.2) is 36.4 Å². The summed E-state index contributed by atoms with van der Waals surface area (Å²) in [7, 11) is 0. The average Bonchev–Trinajstić information content (AvgIpc) is 3.72. The zero-order valence-corrected chi connectivity index (χ0v) is 24.1. The van der Waals surface area contributed by atoms with Gasteiger partial charge in [-0.25, -0.2) is 22.4 Å². The molecule has 1 saturated carbocycles. The fourth-order valence-electron chi connectivity index (χ4n) is 4.21. The van der Waals surface area contributed by atoms with Gasteiger partial charge in [-0.05, 0) is 48.2 Å². The molecule has 4 amide bonds. The number of nitrogens with zero attached hydrogens (tertiary/aromatic N) is 2. The fraction of sp³-hybridized carbons (Fsp3) is 0.500. The molecule has 0 bridgehead atoms. The molecule has 2 aliphatic rings. The van der Waals surface area contributed by atoms with E-state index in [0.29, 0.717) is 24.0 Å². The van der Waals surface area contributed by atoms with E-state index in [1.165, 1.54) is 12.1 Å². The first-order valence-corrected chi connectivity index (χ1v) is 13.5. The normalized spacial score (nSPS) is 15.8. The summed E-state index contributed by atoms with van der Waals surface area (Å²) in [5, 5.41) is 0. The number of rotatable bonds is 6. The zero-order valence-electron chi connectivity index (χ0n) is 24.1. The Morgan fingerprint density at radius 1 is 0.718 bits per heavy atom. The third kappa shape index (κ3) is 7.67. The summed E-state index contributed by atoms with van der Waals surface area (Å²) >= 11 is 0. The number of hydrogen-bond acceptors (Lipinski definition) is 3. The van der Waals surface area contributed by atoms with Gasteiger partial charge in [0.1, 0.15) is 6.42 Å². The highest BCUT2D eigenvalue weighted by molar-refractivity contribution is 6.14. The van der Waals surface area contributed by atoms with E-state index in [-0.39, 0.29) is 13.1 Å². The summed E-state index contributed by atoms with van der Waals surface area (Å²) in [5.74, 6) is -5.41. The molecule has 2 fully saturated rings. The lowest BCUT2D eigenvalue weighted by molar-refractivity contribution is -0.143. The molecule has 1 saturated heterocycles. The van der Waals surface area contributed by atoms with Crippen LogP contribution in [0.5, 0.6) is 0 Å². The molecule has 4 rings (SSSR count). The molecule has 0 spiro atoms. The van der Waals surface area contributed by atoms with E-state index in [9.17, 15) is 31.9 Å². The number of carbonyl (C=O) groups is 3. The van der Waals surface area contributed by atoms with Crippen LogP contribution in [0.4, 0.5) is 22.4 Å². The lowest BCUT2D eigenvalue weighted by Gasteiger charge is -2.38. The number of imide groups is 2. The third-order valence-electron chi connectivity index (χ3n) is 6.47. The fourth-order valence-corrected chi connectivity index (χ4v) is 4.21. The Kier molecular flexibility index (Phi) is 12.3. The second-order valence-electron chi connectivity index (χ2n) is 9.34. The molecule has 39 heavy (non-hydrogen) atoms. The number of amides is 4. The first kappa shape index (κ1) is 33.8. The maximum absolute atomic E-state index is 13.8. The summed E-state index contributed by atoms with van der Waals surface area (Å²) in [5.41, 5.74) is -0.761. The lowest BCUT2D eigenvalue weighted by Crippen LogP contribution is -2.58. The molecule has 2 aromatic carbocycles. The van der Waals surface area contributed by atoms with Crippen LogP contribution in [0, 0.1) is 23.3 Å². The van der Waals surface area contributed by atoms with Crippen molar-refractivity contribution in [2.45, 2.75) is 85.5 Å². The van der Waals surface area contributed by atoms with E-state index in [1.807, 2.05) is 41.5 Å². The van der Waals surface area contributed by atoms with Gasteiger partial charge in [-0.1, -0.05) is 67.5 Å². The van der Waals surface area contributed by atoms with Crippen molar-refractivity contribution in [3.05, 3.63) is 70.8 Å². The molecule has 1 heterocycles. The van der Waals surface area contributed by atoms with Gasteiger partial charge in [0.05, 0.1) is 0 Å². The van der Waals surface area contributed by atoms with Crippen molar-refractivity contribution in [1.82, 2.24) is 9.80 Å². The Morgan fingerprint density at radius 2 is 1.21 bits per heavy atom. The number of barbiturate groups is 1. The summed E-state index contributed by atoms with van der Waals surface area (Å²) < 4.78 is 54.2. The molecule has 0 N–H and O–H groups in total. The van der Waals surface area contributed by atoms with Crippen LogP contribution in [0.25, 0.3) is 0 Å². The number of urea groups is 1. The first-order chi connectivity index (χ1) is 18.4. The van der Waals surface area contributed by atoms with Gasteiger partial charge >= 0.3 is 6.03 Å².